The second-order valence-electron chi connectivity index (χ2n) is 5.58. The van der Waals surface area contributed by atoms with Crippen molar-refractivity contribution in [3.05, 3.63) is 35.0 Å². The van der Waals surface area contributed by atoms with E-state index in [4.69, 9.17) is 0 Å². The zero-order valence-corrected chi connectivity index (χ0v) is 11.3. The Kier molecular flexibility index (Phi) is 3.24. The highest BCUT2D eigenvalue weighted by Crippen LogP contribution is 2.30. The Morgan fingerprint density at radius 3 is 2.60 bits per heavy atom. The molecule has 0 spiro atoms. The lowest BCUT2D eigenvalue weighted by molar-refractivity contribution is -0.126. The largest absolute Gasteiger partial charge is 0.401 e. The number of rotatable bonds is 4. The summed E-state index contributed by atoms with van der Waals surface area (Å²) in [5, 5.41) is 3.67. The van der Waals surface area contributed by atoms with Gasteiger partial charge in [0, 0.05) is 23.1 Å². The summed E-state index contributed by atoms with van der Waals surface area (Å²) in [7, 11) is 0. The standard InChI is InChI=1S/C15H17F3N2/c1-9(20-8-15(16,17)18)4-12-7-19-14-6-11-3-2-10(11)5-13(12)14/h5-7,9,19-20H,2-4,8H2,1H3. The number of aromatic nitrogens is 1. The zero-order valence-electron chi connectivity index (χ0n) is 11.3. The topological polar surface area (TPSA) is 27.8 Å². The SMILES string of the molecule is CC(Cc1c[nH]c2cc3c(cc12)CC3)NCC(F)(F)F. The fourth-order valence-corrected chi connectivity index (χ4v) is 2.74. The lowest BCUT2D eigenvalue weighted by atomic mass is 9.87. The summed E-state index contributed by atoms with van der Waals surface area (Å²) in [6, 6.07) is 4.13. The van der Waals surface area contributed by atoms with Gasteiger partial charge < -0.3 is 10.3 Å². The average molecular weight is 282 g/mol. The average Bonchev–Trinajstić information content (AvgIpc) is 2.71. The van der Waals surface area contributed by atoms with Gasteiger partial charge >= 0.3 is 6.18 Å². The van der Waals surface area contributed by atoms with Crippen molar-refractivity contribution in [2.45, 2.75) is 38.4 Å². The maximum atomic E-state index is 12.2. The second kappa shape index (κ2) is 4.81. The van der Waals surface area contributed by atoms with E-state index in [2.05, 4.69) is 22.4 Å². The molecule has 2 N–H and O–H groups in total. The minimum absolute atomic E-state index is 0.207. The van der Waals surface area contributed by atoms with E-state index in [1.807, 2.05) is 6.20 Å². The first kappa shape index (κ1) is 13.5. The smallest absolute Gasteiger partial charge is 0.361 e. The third-order valence-electron chi connectivity index (χ3n) is 3.93. The van der Waals surface area contributed by atoms with Gasteiger partial charge in [-0.2, -0.15) is 13.2 Å². The molecule has 5 heteroatoms. The van der Waals surface area contributed by atoms with Gasteiger partial charge in [0.05, 0.1) is 6.54 Å². The van der Waals surface area contributed by atoms with E-state index in [-0.39, 0.29) is 6.04 Å². The molecule has 1 heterocycles. The van der Waals surface area contributed by atoms with E-state index in [1.165, 1.54) is 11.1 Å². The molecule has 20 heavy (non-hydrogen) atoms. The van der Waals surface area contributed by atoms with Gasteiger partial charge in [0.2, 0.25) is 0 Å². The quantitative estimate of drug-likeness (QED) is 0.884. The predicted octanol–water partition coefficient (Wildman–Crippen LogP) is 3.35. The highest BCUT2D eigenvalue weighted by atomic mass is 19.4. The Balaban J connectivity index is 1.73. The molecule has 0 bridgehead atoms. The van der Waals surface area contributed by atoms with Crippen LogP contribution in [-0.2, 0) is 19.3 Å². The van der Waals surface area contributed by atoms with E-state index < -0.39 is 12.7 Å². The number of H-pyrrole nitrogens is 1. The first-order valence-electron chi connectivity index (χ1n) is 6.84. The number of fused-ring (bicyclic) bond motifs is 2. The number of benzene rings is 1. The summed E-state index contributed by atoms with van der Waals surface area (Å²) in [5.41, 5.74) is 4.92. The molecule has 2 nitrogen and oxygen atoms in total. The molecule has 1 aliphatic rings. The number of hydrogen-bond acceptors (Lipinski definition) is 1. The molecule has 0 fully saturated rings. The molecule has 1 aliphatic carbocycles. The van der Waals surface area contributed by atoms with E-state index >= 15 is 0 Å². The van der Waals surface area contributed by atoms with Crippen molar-refractivity contribution in [2.75, 3.05) is 6.54 Å². The van der Waals surface area contributed by atoms with Crippen LogP contribution >= 0.6 is 0 Å². The monoisotopic (exact) mass is 282 g/mol. The molecule has 0 saturated heterocycles. The number of nitrogens with one attached hydrogen (secondary N) is 2. The number of halogens is 3. The van der Waals surface area contributed by atoms with Gasteiger partial charge in [0.15, 0.2) is 0 Å². The molecular weight excluding hydrogens is 265 g/mol. The maximum Gasteiger partial charge on any atom is 0.401 e. The third-order valence-corrected chi connectivity index (χ3v) is 3.93. The fourth-order valence-electron chi connectivity index (χ4n) is 2.74. The van der Waals surface area contributed by atoms with Crippen molar-refractivity contribution >= 4 is 10.9 Å². The minimum Gasteiger partial charge on any atom is -0.361 e. The lowest BCUT2D eigenvalue weighted by Crippen LogP contribution is -2.36. The number of aryl methyl sites for hydroxylation is 2. The Hall–Kier alpha value is -1.49. The second-order valence-corrected chi connectivity index (χ2v) is 5.58. The van der Waals surface area contributed by atoms with Gasteiger partial charge in [-0.15, -0.1) is 0 Å². The van der Waals surface area contributed by atoms with Crippen molar-refractivity contribution < 1.29 is 13.2 Å². The van der Waals surface area contributed by atoms with Gasteiger partial charge in [-0.3, -0.25) is 0 Å². The van der Waals surface area contributed by atoms with Crippen LogP contribution in [0.2, 0.25) is 0 Å². The molecule has 0 radical (unpaired) electrons. The van der Waals surface area contributed by atoms with E-state index in [0.29, 0.717) is 6.42 Å². The highest BCUT2D eigenvalue weighted by Gasteiger charge is 2.27. The van der Waals surface area contributed by atoms with Crippen LogP contribution in [0.15, 0.2) is 18.3 Å². The van der Waals surface area contributed by atoms with Crippen LogP contribution in [0.5, 0.6) is 0 Å². The summed E-state index contributed by atoms with van der Waals surface area (Å²) < 4.78 is 36.6. The fraction of sp³-hybridized carbons (Fsp3) is 0.467. The van der Waals surface area contributed by atoms with Crippen molar-refractivity contribution in [1.29, 1.82) is 0 Å². The molecular formula is C15H17F3N2. The Morgan fingerprint density at radius 1 is 1.25 bits per heavy atom. The number of hydrogen-bond donors (Lipinski definition) is 2. The van der Waals surface area contributed by atoms with Crippen LogP contribution in [-0.4, -0.2) is 23.7 Å². The molecule has 1 aromatic carbocycles. The van der Waals surface area contributed by atoms with Gasteiger partial charge in [-0.05, 0) is 55.0 Å². The van der Waals surface area contributed by atoms with E-state index in [1.54, 1.807) is 6.92 Å². The summed E-state index contributed by atoms with van der Waals surface area (Å²) >= 11 is 0. The van der Waals surface area contributed by atoms with Gasteiger partial charge in [0.1, 0.15) is 0 Å². The molecule has 0 aliphatic heterocycles. The van der Waals surface area contributed by atoms with Crippen molar-refractivity contribution in [3.8, 4) is 0 Å². The van der Waals surface area contributed by atoms with Crippen molar-refractivity contribution in [2.24, 2.45) is 0 Å². The Bertz CT molecular complexity index is 628. The molecule has 1 unspecified atom stereocenters. The van der Waals surface area contributed by atoms with Crippen LogP contribution in [0.1, 0.15) is 23.6 Å². The first-order chi connectivity index (χ1) is 9.42. The first-order valence-corrected chi connectivity index (χ1v) is 6.84. The van der Waals surface area contributed by atoms with E-state index in [0.717, 1.165) is 29.3 Å². The normalized spacial score (nSPS) is 16.0. The molecule has 0 saturated carbocycles. The van der Waals surface area contributed by atoms with Gasteiger partial charge in [-0.25, -0.2) is 0 Å². The van der Waals surface area contributed by atoms with Crippen molar-refractivity contribution in [1.82, 2.24) is 10.3 Å². The molecule has 1 atom stereocenters. The van der Waals surface area contributed by atoms with Crippen LogP contribution < -0.4 is 5.32 Å². The van der Waals surface area contributed by atoms with Gasteiger partial charge in [0.25, 0.3) is 0 Å². The van der Waals surface area contributed by atoms with E-state index in [9.17, 15) is 13.2 Å². The lowest BCUT2D eigenvalue weighted by Gasteiger charge is -2.19. The molecule has 1 aromatic heterocycles. The highest BCUT2D eigenvalue weighted by molar-refractivity contribution is 5.85. The van der Waals surface area contributed by atoms with Crippen LogP contribution in [0.4, 0.5) is 13.2 Å². The molecule has 108 valence electrons. The summed E-state index contributed by atoms with van der Waals surface area (Å²) in [5.74, 6) is 0. The Labute approximate surface area is 115 Å². The molecule has 0 amide bonds. The summed E-state index contributed by atoms with van der Waals surface area (Å²) in [4.78, 5) is 3.22. The Morgan fingerprint density at radius 2 is 1.95 bits per heavy atom. The van der Waals surface area contributed by atoms with Crippen LogP contribution in [0.25, 0.3) is 10.9 Å². The summed E-state index contributed by atoms with van der Waals surface area (Å²) in [6.45, 7) is 0.845. The molecule has 3 rings (SSSR count). The number of aromatic amines is 1. The third kappa shape index (κ3) is 2.68. The van der Waals surface area contributed by atoms with Crippen LogP contribution in [0.3, 0.4) is 0 Å². The minimum atomic E-state index is -4.16. The summed E-state index contributed by atoms with van der Waals surface area (Å²) in [6.07, 6.45) is 0.586. The maximum absolute atomic E-state index is 12.2. The van der Waals surface area contributed by atoms with Crippen LogP contribution in [0, 0.1) is 0 Å². The zero-order chi connectivity index (χ0) is 14.3. The van der Waals surface area contributed by atoms with Gasteiger partial charge in [-0.1, -0.05) is 0 Å². The number of alkyl halides is 3. The molecule has 2 aromatic rings. The predicted molar refractivity (Wildman–Crippen MR) is 72.9 cm³/mol. The van der Waals surface area contributed by atoms with Crippen molar-refractivity contribution in [3.63, 3.8) is 0 Å².